The van der Waals surface area contributed by atoms with E-state index in [9.17, 15) is 8.42 Å². The molecule has 0 saturated carbocycles. The average molecular weight is 357 g/mol. The van der Waals surface area contributed by atoms with Crippen LogP contribution in [0.1, 0.15) is 84.5 Å². The summed E-state index contributed by atoms with van der Waals surface area (Å²) >= 11 is 0. The van der Waals surface area contributed by atoms with E-state index in [-0.39, 0.29) is 0 Å². The number of rotatable bonds is 13. The van der Waals surface area contributed by atoms with Crippen LogP contribution < -0.4 is 0 Å². The standard InChI is InChI=1S/C15H33P.CH4O4S/c1-3-4-5-6-7-8-9-10-11-12-15(2)13-14-16;1-5-6(2,3)4/h15H,3-14,16H2,1-2H3;1H3,(H,2,3,4). The molecule has 22 heavy (non-hydrogen) atoms. The van der Waals surface area contributed by atoms with Crippen molar-refractivity contribution >= 4 is 19.6 Å². The third-order valence-electron chi connectivity index (χ3n) is 3.67. The molecule has 0 spiro atoms. The second-order valence-electron chi connectivity index (χ2n) is 5.89. The van der Waals surface area contributed by atoms with E-state index in [0.717, 1.165) is 13.0 Å². The molecule has 136 valence electrons. The Hall–Kier alpha value is 0.300. The maximum absolute atomic E-state index is 9.33. The van der Waals surface area contributed by atoms with Gasteiger partial charge in [0.15, 0.2) is 0 Å². The first-order valence-corrected chi connectivity index (χ1v) is 10.8. The van der Waals surface area contributed by atoms with Gasteiger partial charge in [0.25, 0.3) is 0 Å². The van der Waals surface area contributed by atoms with Gasteiger partial charge in [-0.2, -0.15) is 8.42 Å². The van der Waals surface area contributed by atoms with E-state index in [4.69, 9.17) is 4.55 Å². The summed E-state index contributed by atoms with van der Waals surface area (Å²) in [5.41, 5.74) is 0. The molecule has 0 heterocycles. The first-order valence-electron chi connectivity index (χ1n) is 8.60. The van der Waals surface area contributed by atoms with Crippen molar-refractivity contribution < 1.29 is 17.2 Å². The highest BCUT2D eigenvalue weighted by atomic mass is 32.3. The zero-order chi connectivity index (χ0) is 17.3. The number of hydrogen-bond acceptors (Lipinski definition) is 3. The van der Waals surface area contributed by atoms with Crippen LogP contribution in [0.25, 0.3) is 0 Å². The van der Waals surface area contributed by atoms with E-state index in [1.165, 1.54) is 76.8 Å². The minimum absolute atomic E-state index is 0.870. The Balaban J connectivity index is 0. The SMILES string of the molecule is CCCCCCCCCCCC(C)CCP.COS(=O)(=O)O. The van der Waals surface area contributed by atoms with Crippen molar-refractivity contribution in [2.45, 2.75) is 84.5 Å². The largest absolute Gasteiger partial charge is 0.397 e. The normalized spacial score (nSPS) is 12.6. The molecule has 0 aliphatic heterocycles. The van der Waals surface area contributed by atoms with Gasteiger partial charge in [-0.3, -0.25) is 8.74 Å². The maximum atomic E-state index is 9.33. The smallest absolute Gasteiger partial charge is 0.264 e. The molecule has 0 aliphatic carbocycles. The van der Waals surface area contributed by atoms with Crippen molar-refractivity contribution in [3.8, 4) is 0 Å². The van der Waals surface area contributed by atoms with Crippen molar-refractivity contribution in [1.82, 2.24) is 0 Å². The summed E-state index contributed by atoms with van der Waals surface area (Å²) in [4.78, 5) is 0. The molecular formula is C16H37O4PS. The molecule has 0 fully saturated rings. The molecule has 0 aromatic heterocycles. The number of unbranched alkanes of at least 4 members (excludes halogenated alkanes) is 8. The van der Waals surface area contributed by atoms with Gasteiger partial charge >= 0.3 is 10.4 Å². The fraction of sp³-hybridized carbons (Fsp3) is 1.00. The summed E-state index contributed by atoms with van der Waals surface area (Å²) < 4.78 is 29.7. The second-order valence-corrected chi connectivity index (χ2v) is 7.66. The third-order valence-corrected chi connectivity index (χ3v) is 4.43. The van der Waals surface area contributed by atoms with Gasteiger partial charge in [-0.15, -0.1) is 9.24 Å². The van der Waals surface area contributed by atoms with Crippen LogP contribution in [0.5, 0.6) is 0 Å². The van der Waals surface area contributed by atoms with Gasteiger partial charge in [0.1, 0.15) is 0 Å². The summed E-state index contributed by atoms with van der Waals surface area (Å²) in [6, 6.07) is 0. The van der Waals surface area contributed by atoms with Crippen LogP contribution in [-0.4, -0.2) is 26.2 Å². The Labute approximate surface area is 141 Å². The van der Waals surface area contributed by atoms with Crippen molar-refractivity contribution in [3.05, 3.63) is 0 Å². The third kappa shape index (κ3) is 25.3. The van der Waals surface area contributed by atoms with E-state index >= 15 is 0 Å². The average Bonchev–Trinajstić information content (AvgIpc) is 2.46. The number of hydrogen-bond donors (Lipinski definition) is 1. The van der Waals surface area contributed by atoms with Gasteiger partial charge in [-0.25, -0.2) is 0 Å². The minimum atomic E-state index is -4.16. The van der Waals surface area contributed by atoms with E-state index in [0.29, 0.717) is 0 Å². The molecular weight excluding hydrogens is 319 g/mol. The summed E-state index contributed by atoms with van der Waals surface area (Å²) in [5.74, 6) is 0.946. The summed E-state index contributed by atoms with van der Waals surface area (Å²) in [5, 5.41) is 0. The molecule has 0 rings (SSSR count). The summed E-state index contributed by atoms with van der Waals surface area (Å²) in [6.45, 7) is 4.69. The highest BCUT2D eigenvalue weighted by molar-refractivity contribution is 7.80. The Bertz CT molecular complexity index is 307. The lowest BCUT2D eigenvalue weighted by Crippen LogP contribution is -1.96. The van der Waals surface area contributed by atoms with Gasteiger partial charge in [0, 0.05) is 0 Å². The van der Waals surface area contributed by atoms with E-state index in [2.05, 4.69) is 27.3 Å². The van der Waals surface area contributed by atoms with Crippen LogP contribution >= 0.6 is 9.24 Å². The lowest BCUT2D eigenvalue weighted by molar-refractivity contribution is 0.324. The summed E-state index contributed by atoms with van der Waals surface area (Å²) in [7, 11) is -0.453. The fourth-order valence-corrected chi connectivity index (χ4v) is 2.80. The van der Waals surface area contributed by atoms with Gasteiger partial charge in [0.05, 0.1) is 7.11 Å². The minimum Gasteiger partial charge on any atom is -0.264 e. The molecule has 0 saturated heterocycles. The van der Waals surface area contributed by atoms with Crippen molar-refractivity contribution in [2.75, 3.05) is 13.3 Å². The van der Waals surface area contributed by atoms with Gasteiger partial charge in [-0.05, 0) is 18.5 Å². The summed E-state index contributed by atoms with van der Waals surface area (Å²) in [6.07, 6.45) is 17.2. The molecule has 0 aromatic carbocycles. The zero-order valence-corrected chi connectivity index (χ0v) is 16.7. The van der Waals surface area contributed by atoms with Crippen LogP contribution in [0, 0.1) is 5.92 Å². The van der Waals surface area contributed by atoms with E-state index in [1.807, 2.05) is 0 Å². The molecule has 0 aromatic rings. The van der Waals surface area contributed by atoms with Crippen LogP contribution in [0.15, 0.2) is 0 Å². The van der Waals surface area contributed by atoms with Crippen LogP contribution in [0.4, 0.5) is 0 Å². The molecule has 6 heteroatoms. The Morgan fingerprint density at radius 2 is 1.36 bits per heavy atom. The van der Waals surface area contributed by atoms with E-state index < -0.39 is 10.4 Å². The highest BCUT2D eigenvalue weighted by Gasteiger charge is 1.99. The first-order chi connectivity index (χ1) is 10.4. The molecule has 1 N–H and O–H groups in total. The Morgan fingerprint density at radius 3 is 1.73 bits per heavy atom. The molecule has 4 nitrogen and oxygen atoms in total. The monoisotopic (exact) mass is 356 g/mol. The molecule has 0 bridgehead atoms. The Morgan fingerprint density at radius 1 is 0.955 bits per heavy atom. The fourth-order valence-electron chi connectivity index (χ4n) is 2.23. The predicted octanol–water partition coefficient (Wildman–Crippen LogP) is 5.24. The lowest BCUT2D eigenvalue weighted by atomic mass is 9.99. The Kier molecular flexibility index (Phi) is 19.7. The lowest BCUT2D eigenvalue weighted by Gasteiger charge is -2.09. The molecule has 0 amide bonds. The molecule has 2 atom stereocenters. The molecule has 0 aliphatic rings. The molecule has 2 unspecified atom stereocenters. The van der Waals surface area contributed by atoms with Crippen LogP contribution in [-0.2, 0) is 14.6 Å². The van der Waals surface area contributed by atoms with Crippen molar-refractivity contribution in [1.29, 1.82) is 0 Å². The quantitative estimate of drug-likeness (QED) is 0.278. The van der Waals surface area contributed by atoms with Crippen LogP contribution in [0.3, 0.4) is 0 Å². The van der Waals surface area contributed by atoms with E-state index in [1.54, 1.807) is 0 Å². The highest BCUT2D eigenvalue weighted by Crippen LogP contribution is 2.16. The zero-order valence-electron chi connectivity index (χ0n) is 14.7. The maximum Gasteiger partial charge on any atom is 0.397 e. The van der Waals surface area contributed by atoms with Crippen LogP contribution in [0.2, 0.25) is 0 Å². The second kappa shape index (κ2) is 17.7. The topological polar surface area (TPSA) is 63.6 Å². The van der Waals surface area contributed by atoms with Crippen molar-refractivity contribution in [3.63, 3.8) is 0 Å². The van der Waals surface area contributed by atoms with Crippen molar-refractivity contribution in [2.24, 2.45) is 5.92 Å². The van der Waals surface area contributed by atoms with Gasteiger partial charge in [-0.1, -0.05) is 78.1 Å². The van der Waals surface area contributed by atoms with Gasteiger partial charge < -0.3 is 0 Å². The predicted molar refractivity (Wildman–Crippen MR) is 98.8 cm³/mol. The van der Waals surface area contributed by atoms with Gasteiger partial charge in [0.2, 0.25) is 0 Å². The molecule has 0 radical (unpaired) electrons. The first kappa shape index (κ1) is 24.6.